The van der Waals surface area contributed by atoms with Crippen molar-refractivity contribution in [1.82, 2.24) is 10.2 Å². The van der Waals surface area contributed by atoms with Crippen LogP contribution in [0.3, 0.4) is 0 Å². The Balaban J connectivity index is 2.06. The van der Waals surface area contributed by atoms with E-state index in [1.54, 1.807) is 55.6 Å². The van der Waals surface area contributed by atoms with Crippen LogP contribution in [0, 0.1) is 6.92 Å². The van der Waals surface area contributed by atoms with Gasteiger partial charge in [-0.05, 0) is 68.7 Å². The molecule has 0 aliphatic carbocycles. The third-order valence-corrected chi connectivity index (χ3v) is 9.00. The summed E-state index contributed by atoms with van der Waals surface area (Å²) in [5, 5.41) is 3.15. The number of carbonyl (C=O) groups is 2. The fourth-order valence-electron chi connectivity index (χ4n) is 4.29. The highest BCUT2D eigenvalue weighted by Gasteiger charge is 2.34. The predicted molar refractivity (Wildman–Crippen MR) is 163 cm³/mol. The number of nitrogens with zero attached hydrogens (tertiary/aromatic N) is 2. The van der Waals surface area contributed by atoms with Gasteiger partial charge in [-0.2, -0.15) is 0 Å². The Morgan fingerprint density at radius 1 is 0.951 bits per heavy atom. The average Bonchev–Trinajstić information content (AvgIpc) is 2.96. The summed E-state index contributed by atoms with van der Waals surface area (Å²) >= 11 is 6.47. The summed E-state index contributed by atoms with van der Waals surface area (Å²) in [6.07, 6.45) is 1.06. The number of ether oxygens (including phenoxy) is 1. The molecule has 3 aromatic carbocycles. The van der Waals surface area contributed by atoms with Gasteiger partial charge in [-0.3, -0.25) is 13.9 Å². The van der Waals surface area contributed by atoms with Gasteiger partial charge in [-0.15, -0.1) is 0 Å². The van der Waals surface area contributed by atoms with Gasteiger partial charge >= 0.3 is 0 Å². The zero-order chi connectivity index (χ0) is 30.2. The van der Waals surface area contributed by atoms with E-state index in [4.69, 9.17) is 16.3 Å². The number of hydrogen-bond acceptors (Lipinski definition) is 5. The Morgan fingerprint density at radius 2 is 1.59 bits per heavy atom. The smallest absolute Gasteiger partial charge is 0.264 e. The highest BCUT2D eigenvalue weighted by atomic mass is 35.5. The molecule has 2 atom stereocenters. The van der Waals surface area contributed by atoms with E-state index < -0.39 is 28.5 Å². The van der Waals surface area contributed by atoms with Crippen LogP contribution in [0.2, 0.25) is 5.02 Å². The maximum atomic E-state index is 14.1. The summed E-state index contributed by atoms with van der Waals surface area (Å²) < 4.78 is 34.2. The van der Waals surface area contributed by atoms with E-state index in [1.807, 2.05) is 39.8 Å². The summed E-state index contributed by atoms with van der Waals surface area (Å²) in [6, 6.07) is 19.1. The van der Waals surface area contributed by atoms with Crippen molar-refractivity contribution >= 4 is 39.1 Å². The molecule has 0 fully saturated rings. The van der Waals surface area contributed by atoms with Gasteiger partial charge in [0.1, 0.15) is 18.3 Å². The first kappa shape index (κ1) is 32.0. The Hall–Kier alpha value is -3.56. The van der Waals surface area contributed by atoms with Crippen LogP contribution in [-0.4, -0.2) is 50.9 Å². The summed E-state index contributed by atoms with van der Waals surface area (Å²) in [5.41, 5.74) is 1.83. The molecule has 0 aliphatic rings. The molecule has 0 aliphatic heterocycles. The van der Waals surface area contributed by atoms with Crippen LogP contribution in [-0.2, 0) is 26.2 Å². The first-order chi connectivity index (χ1) is 19.5. The molecule has 10 heteroatoms. The number of hydrogen-bond donors (Lipinski definition) is 1. The third-order valence-electron chi connectivity index (χ3n) is 6.91. The van der Waals surface area contributed by atoms with E-state index in [0.717, 1.165) is 21.9 Å². The molecule has 0 heterocycles. The van der Waals surface area contributed by atoms with Crippen molar-refractivity contribution in [3.05, 3.63) is 88.9 Å². The monoisotopic (exact) mass is 599 g/mol. The third kappa shape index (κ3) is 8.01. The highest BCUT2D eigenvalue weighted by Crippen LogP contribution is 2.31. The van der Waals surface area contributed by atoms with E-state index in [1.165, 1.54) is 17.0 Å². The molecule has 0 bridgehead atoms. The summed E-state index contributed by atoms with van der Waals surface area (Å²) in [7, 11) is -2.63. The van der Waals surface area contributed by atoms with E-state index in [0.29, 0.717) is 12.2 Å². The van der Waals surface area contributed by atoms with E-state index >= 15 is 0 Å². The van der Waals surface area contributed by atoms with Gasteiger partial charge in [0.2, 0.25) is 11.8 Å². The average molecular weight is 600 g/mol. The van der Waals surface area contributed by atoms with Gasteiger partial charge < -0.3 is 15.0 Å². The number of methoxy groups -OCH3 is 1. The number of sulfonamides is 1. The second-order valence-corrected chi connectivity index (χ2v) is 12.2. The lowest BCUT2D eigenvalue weighted by Crippen LogP contribution is -2.53. The minimum Gasteiger partial charge on any atom is -0.497 e. The fourth-order valence-corrected chi connectivity index (χ4v) is 6.01. The van der Waals surface area contributed by atoms with E-state index in [2.05, 4.69) is 5.32 Å². The molecule has 3 aromatic rings. The number of para-hydroxylation sites is 1. The van der Waals surface area contributed by atoms with Crippen LogP contribution in [0.15, 0.2) is 77.7 Å². The van der Waals surface area contributed by atoms with Crippen molar-refractivity contribution in [3.8, 4) is 5.75 Å². The van der Waals surface area contributed by atoms with Crippen LogP contribution >= 0.6 is 11.6 Å². The van der Waals surface area contributed by atoms with Gasteiger partial charge in [0.25, 0.3) is 10.0 Å². The number of benzene rings is 3. The van der Waals surface area contributed by atoms with Gasteiger partial charge in [-0.25, -0.2) is 8.42 Å². The number of rotatable bonds is 13. The predicted octanol–water partition coefficient (Wildman–Crippen LogP) is 5.57. The molecule has 8 nitrogen and oxygen atoms in total. The number of nitrogens with one attached hydrogen (secondary N) is 1. The maximum Gasteiger partial charge on any atom is 0.264 e. The maximum absolute atomic E-state index is 14.1. The van der Waals surface area contributed by atoms with Crippen molar-refractivity contribution in [2.24, 2.45) is 0 Å². The first-order valence-corrected chi connectivity index (χ1v) is 15.4. The molecular weight excluding hydrogens is 562 g/mol. The summed E-state index contributed by atoms with van der Waals surface area (Å²) in [5.74, 6) is -0.181. The standard InChI is InChI=1S/C31H38ClN3O5S/c1-6-23(4)33-31(37)28(7-2)34(20-24-14-16-25(40-5)17-15-24)30(36)21-35(29-11-9-8-10-27(29)32)41(38,39)26-18-12-22(3)13-19-26/h8-19,23,28H,6-7,20-21H2,1-5H3,(H,33,37)/t23-,28-/m0/s1. The molecule has 0 spiro atoms. The van der Waals surface area contributed by atoms with Crippen LogP contribution in [0.4, 0.5) is 5.69 Å². The number of anilines is 1. The van der Waals surface area contributed by atoms with Crippen molar-refractivity contribution in [2.75, 3.05) is 18.0 Å². The summed E-state index contributed by atoms with van der Waals surface area (Å²) in [4.78, 5) is 29.0. The molecule has 41 heavy (non-hydrogen) atoms. The normalized spacial score (nSPS) is 12.7. The summed E-state index contributed by atoms with van der Waals surface area (Å²) in [6.45, 7) is 7.08. The van der Waals surface area contributed by atoms with Crippen molar-refractivity contribution in [2.45, 2.75) is 64.1 Å². The minimum atomic E-state index is -4.20. The zero-order valence-corrected chi connectivity index (χ0v) is 25.7. The largest absolute Gasteiger partial charge is 0.497 e. The fraction of sp³-hybridized carbons (Fsp3) is 0.355. The van der Waals surface area contributed by atoms with Crippen LogP contribution in [0.5, 0.6) is 5.75 Å². The lowest BCUT2D eigenvalue weighted by molar-refractivity contribution is -0.140. The lowest BCUT2D eigenvalue weighted by atomic mass is 10.1. The topological polar surface area (TPSA) is 96.0 Å². The number of amides is 2. The Bertz CT molecular complexity index is 1430. The van der Waals surface area contributed by atoms with Crippen molar-refractivity contribution in [1.29, 1.82) is 0 Å². The molecule has 3 rings (SSSR count). The molecule has 0 saturated carbocycles. The van der Waals surface area contributed by atoms with Crippen molar-refractivity contribution in [3.63, 3.8) is 0 Å². The molecule has 0 unspecified atom stereocenters. The Morgan fingerprint density at radius 3 is 2.15 bits per heavy atom. The van der Waals surface area contributed by atoms with Crippen LogP contribution in [0.1, 0.15) is 44.7 Å². The Kier molecular flexibility index (Phi) is 11.2. The van der Waals surface area contributed by atoms with Crippen molar-refractivity contribution < 1.29 is 22.7 Å². The number of carbonyl (C=O) groups excluding carboxylic acids is 2. The zero-order valence-electron chi connectivity index (χ0n) is 24.1. The molecule has 2 amide bonds. The van der Waals surface area contributed by atoms with Crippen LogP contribution < -0.4 is 14.4 Å². The van der Waals surface area contributed by atoms with E-state index in [-0.39, 0.29) is 34.1 Å². The van der Waals surface area contributed by atoms with Gasteiger partial charge in [0.05, 0.1) is 22.7 Å². The SMILES string of the molecule is CC[C@H](C)NC(=O)[C@H](CC)N(Cc1ccc(OC)cc1)C(=O)CN(c1ccccc1Cl)S(=O)(=O)c1ccc(C)cc1. The minimum absolute atomic E-state index is 0.0269. The van der Waals surface area contributed by atoms with E-state index in [9.17, 15) is 18.0 Å². The molecular formula is C31H38ClN3O5S. The molecule has 0 radical (unpaired) electrons. The number of aryl methyl sites for hydroxylation is 1. The molecule has 1 N–H and O–H groups in total. The highest BCUT2D eigenvalue weighted by molar-refractivity contribution is 7.92. The second-order valence-electron chi connectivity index (χ2n) is 9.89. The molecule has 0 aromatic heterocycles. The van der Waals surface area contributed by atoms with Gasteiger partial charge in [-0.1, -0.05) is 67.4 Å². The van der Waals surface area contributed by atoms with Gasteiger partial charge in [0.15, 0.2) is 0 Å². The number of halogens is 1. The Labute approximate surface area is 248 Å². The second kappa shape index (κ2) is 14.4. The molecule has 220 valence electrons. The lowest BCUT2D eigenvalue weighted by Gasteiger charge is -2.34. The quantitative estimate of drug-likeness (QED) is 0.277. The van der Waals surface area contributed by atoms with Gasteiger partial charge in [0, 0.05) is 12.6 Å². The van der Waals surface area contributed by atoms with Crippen LogP contribution in [0.25, 0.3) is 0 Å². The first-order valence-electron chi connectivity index (χ1n) is 13.6. The molecule has 0 saturated heterocycles.